The van der Waals surface area contributed by atoms with Crippen molar-refractivity contribution in [3.05, 3.63) is 188 Å². The monoisotopic (exact) mass is 637 g/mol. The zero-order chi connectivity index (χ0) is 33.0. The standard InChI is InChI=1S/C48H31NO/c1-2-10-35-28-38(18-16-32(35)8-1)36-11-7-12-41(30-36)49(42-25-27-48-46(31-42)45-14-5-6-15-47(45)50-48)40-23-20-33(21-24-40)37-22-26-44-39(29-37)19-17-34-9-3-4-13-43(34)44/h1-31H. The van der Waals surface area contributed by atoms with Crippen LogP contribution in [0.15, 0.2) is 192 Å². The quantitative estimate of drug-likeness (QED) is 0.175. The van der Waals surface area contributed by atoms with E-state index in [9.17, 15) is 0 Å². The van der Waals surface area contributed by atoms with Gasteiger partial charge in [0.15, 0.2) is 0 Å². The summed E-state index contributed by atoms with van der Waals surface area (Å²) in [5, 5.41) is 9.79. The van der Waals surface area contributed by atoms with Gasteiger partial charge >= 0.3 is 0 Å². The highest BCUT2D eigenvalue weighted by Gasteiger charge is 2.17. The number of benzene rings is 9. The fourth-order valence-electron chi connectivity index (χ4n) is 7.49. The van der Waals surface area contributed by atoms with Gasteiger partial charge in [0.2, 0.25) is 0 Å². The van der Waals surface area contributed by atoms with Crippen molar-refractivity contribution in [3.8, 4) is 22.3 Å². The molecule has 0 saturated carbocycles. The summed E-state index contributed by atoms with van der Waals surface area (Å²) in [5.41, 5.74) is 9.80. The molecule has 0 aliphatic heterocycles. The molecule has 1 aromatic heterocycles. The Hall–Kier alpha value is -6.64. The van der Waals surface area contributed by atoms with Crippen LogP contribution in [0.4, 0.5) is 17.1 Å². The Kier molecular flexibility index (Phi) is 6.53. The summed E-state index contributed by atoms with van der Waals surface area (Å²) in [6, 6.07) is 67.7. The van der Waals surface area contributed by atoms with Crippen molar-refractivity contribution in [2.75, 3.05) is 4.90 Å². The first-order valence-corrected chi connectivity index (χ1v) is 17.1. The maximum absolute atomic E-state index is 6.21. The Morgan fingerprint density at radius 1 is 0.280 bits per heavy atom. The van der Waals surface area contributed by atoms with E-state index in [1.165, 1.54) is 54.6 Å². The molecule has 0 atom stereocenters. The average molecular weight is 638 g/mol. The van der Waals surface area contributed by atoms with Crippen molar-refractivity contribution in [3.63, 3.8) is 0 Å². The van der Waals surface area contributed by atoms with Crippen LogP contribution in [0, 0.1) is 0 Å². The summed E-state index contributed by atoms with van der Waals surface area (Å²) in [4.78, 5) is 2.35. The lowest BCUT2D eigenvalue weighted by Gasteiger charge is -2.26. The highest BCUT2D eigenvalue weighted by Crippen LogP contribution is 2.41. The second kappa shape index (κ2) is 11.5. The van der Waals surface area contributed by atoms with Crippen molar-refractivity contribution in [2.24, 2.45) is 0 Å². The lowest BCUT2D eigenvalue weighted by atomic mass is 9.97. The van der Waals surface area contributed by atoms with Gasteiger partial charge in [-0.05, 0) is 115 Å². The maximum atomic E-state index is 6.21. The summed E-state index contributed by atoms with van der Waals surface area (Å²) in [6.07, 6.45) is 0. The molecule has 1 heterocycles. The smallest absolute Gasteiger partial charge is 0.135 e. The predicted octanol–water partition coefficient (Wildman–Crippen LogP) is 13.8. The molecule has 0 unspecified atom stereocenters. The first-order chi connectivity index (χ1) is 24.7. The number of hydrogen-bond acceptors (Lipinski definition) is 2. The molecule has 50 heavy (non-hydrogen) atoms. The molecular formula is C48H31NO. The van der Waals surface area contributed by atoms with E-state index in [0.717, 1.165) is 39.0 Å². The topological polar surface area (TPSA) is 16.4 Å². The Morgan fingerprint density at radius 2 is 0.860 bits per heavy atom. The molecule has 0 amide bonds. The molecule has 234 valence electrons. The van der Waals surface area contributed by atoms with Gasteiger partial charge in [-0.15, -0.1) is 0 Å². The first kappa shape index (κ1) is 28.4. The molecule has 0 aliphatic carbocycles. The van der Waals surface area contributed by atoms with E-state index in [-0.39, 0.29) is 0 Å². The third-order valence-corrected chi connectivity index (χ3v) is 10.0. The van der Waals surface area contributed by atoms with Crippen molar-refractivity contribution < 1.29 is 4.42 Å². The van der Waals surface area contributed by atoms with E-state index < -0.39 is 0 Å². The molecule has 10 aromatic rings. The SMILES string of the molecule is c1cc(-c2ccc3ccccc3c2)cc(N(c2ccc(-c3ccc4c(ccc5ccccc54)c3)cc2)c2ccc3oc4ccccc4c3c2)c1. The van der Waals surface area contributed by atoms with Crippen LogP contribution < -0.4 is 4.90 Å². The van der Waals surface area contributed by atoms with Crippen LogP contribution in [0.25, 0.3) is 76.5 Å². The van der Waals surface area contributed by atoms with Crippen molar-refractivity contribution in [1.82, 2.24) is 0 Å². The molecule has 10 rings (SSSR count). The van der Waals surface area contributed by atoms with Gasteiger partial charge in [-0.3, -0.25) is 0 Å². The van der Waals surface area contributed by atoms with E-state index in [0.29, 0.717) is 0 Å². The Morgan fingerprint density at radius 3 is 1.76 bits per heavy atom. The molecule has 0 aliphatic rings. The molecular weight excluding hydrogens is 607 g/mol. The Balaban J connectivity index is 1.09. The van der Waals surface area contributed by atoms with Gasteiger partial charge in [0.05, 0.1) is 0 Å². The molecule has 0 saturated heterocycles. The molecule has 9 aromatic carbocycles. The molecule has 2 nitrogen and oxygen atoms in total. The molecule has 0 fully saturated rings. The third-order valence-electron chi connectivity index (χ3n) is 10.0. The minimum atomic E-state index is 0.888. The molecule has 2 heteroatoms. The summed E-state index contributed by atoms with van der Waals surface area (Å²) in [7, 11) is 0. The van der Waals surface area contributed by atoms with Gasteiger partial charge in [-0.25, -0.2) is 0 Å². The number of fused-ring (bicyclic) bond motifs is 7. The minimum absolute atomic E-state index is 0.888. The van der Waals surface area contributed by atoms with Crippen molar-refractivity contribution in [1.29, 1.82) is 0 Å². The number of furan rings is 1. The fraction of sp³-hybridized carbons (Fsp3) is 0. The van der Waals surface area contributed by atoms with E-state index in [1.807, 2.05) is 12.1 Å². The fourth-order valence-corrected chi connectivity index (χ4v) is 7.49. The molecule has 0 bridgehead atoms. The largest absolute Gasteiger partial charge is 0.456 e. The number of hydrogen-bond donors (Lipinski definition) is 0. The number of nitrogens with zero attached hydrogens (tertiary/aromatic N) is 1. The maximum Gasteiger partial charge on any atom is 0.135 e. The summed E-state index contributed by atoms with van der Waals surface area (Å²) >= 11 is 0. The predicted molar refractivity (Wildman–Crippen MR) is 212 cm³/mol. The van der Waals surface area contributed by atoms with E-state index >= 15 is 0 Å². The van der Waals surface area contributed by atoms with Gasteiger partial charge < -0.3 is 9.32 Å². The van der Waals surface area contributed by atoms with Crippen LogP contribution in [-0.4, -0.2) is 0 Å². The average Bonchev–Trinajstić information content (AvgIpc) is 3.56. The molecule has 0 N–H and O–H groups in total. The number of para-hydroxylation sites is 1. The van der Waals surface area contributed by atoms with Crippen molar-refractivity contribution in [2.45, 2.75) is 0 Å². The number of rotatable bonds is 5. The third kappa shape index (κ3) is 4.81. The van der Waals surface area contributed by atoms with Crippen LogP contribution in [0.5, 0.6) is 0 Å². The molecule has 0 radical (unpaired) electrons. The van der Waals surface area contributed by atoms with E-state index in [4.69, 9.17) is 4.42 Å². The van der Waals surface area contributed by atoms with Crippen LogP contribution in [0.2, 0.25) is 0 Å². The van der Waals surface area contributed by atoms with Crippen LogP contribution >= 0.6 is 0 Å². The van der Waals surface area contributed by atoms with E-state index in [1.54, 1.807) is 0 Å². The highest BCUT2D eigenvalue weighted by molar-refractivity contribution is 6.09. The lowest BCUT2D eigenvalue weighted by molar-refractivity contribution is 0.669. The van der Waals surface area contributed by atoms with E-state index in [2.05, 4.69) is 181 Å². The van der Waals surface area contributed by atoms with Crippen LogP contribution in [-0.2, 0) is 0 Å². The van der Waals surface area contributed by atoms with Gasteiger partial charge in [0.25, 0.3) is 0 Å². The lowest BCUT2D eigenvalue weighted by Crippen LogP contribution is -2.10. The van der Waals surface area contributed by atoms with Gasteiger partial charge in [0.1, 0.15) is 11.2 Å². The summed E-state index contributed by atoms with van der Waals surface area (Å²) in [6.45, 7) is 0. The van der Waals surface area contributed by atoms with Gasteiger partial charge in [-0.2, -0.15) is 0 Å². The number of anilines is 3. The zero-order valence-corrected chi connectivity index (χ0v) is 27.3. The van der Waals surface area contributed by atoms with Crippen LogP contribution in [0.3, 0.4) is 0 Å². The highest BCUT2D eigenvalue weighted by atomic mass is 16.3. The second-order valence-electron chi connectivity index (χ2n) is 13.0. The zero-order valence-electron chi connectivity index (χ0n) is 27.3. The van der Waals surface area contributed by atoms with Gasteiger partial charge in [-0.1, -0.05) is 127 Å². The molecule has 0 spiro atoms. The van der Waals surface area contributed by atoms with Crippen LogP contribution in [0.1, 0.15) is 0 Å². The second-order valence-corrected chi connectivity index (χ2v) is 13.0. The van der Waals surface area contributed by atoms with Gasteiger partial charge in [0, 0.05) is 27.8 Å². The normalized spacial score (nSPS) is 11.6. The summed E-state index contributed by atoms with van der Waals surface area (Å²) < 4.78 is 6.21. The Labute approximate surface area is 290 Å². The van der Waals surface area contributed by atoms with Crippen molar-refractivity contribution >= 4 is 71.3 Å². The first-order valence-electron chi connectivity index (χ1n) is 17.1. The summed E-state index contributed by atoms with van der Waals surface area (Å²) in [5.74, 6) is 0. The minimum Gasteiger partial charge on any atom is -0.456 e. The Bertz CT molecular complexity index is 2880.